The van der Waals surface area contributed by atoms with Crippen LogP contribution in [-0.4, -0.2) is 41.4 Å². The molecule has 4 rings (SSSR count). The molecule has 0 saturated carbocycles. The SMILES string of the molecule is CCC(=O)Oc1ccccc1NC(=O)[C@H](CCCNC(=O)OCc1ccccc1)NC(=O)c1ccc2ccccc2n1. The van der Waals surface area contributed by atoms with Gasteiger partial charge in [-0.25, -0.2) is 9.78 Å². The first-order valence-corrected chi connectivity index (χ1v) is 13.6. The first kappa shape index (κ1) is 29.7. The van der Waals surface area contributed by atoms with Crippen molar-refractivity contribution in [3.8, 4) is 5.75 Å². The van der Waals surface area contributed by atoms with Gasteiger partial charge in [0.25, 0.3) is 5.91 Å². The molecule has 3 amide bonds. The van der Waals surface area contributed by atoms with Gasteiger partial charge in [0, 0.05) is 18.4 Å². The number of fused-ring (bicyclic) bond motifs is 1. The molecule has 3 N–H and O–H groups in total. The van der Waals surface area contributed by atoms with E-state index in [2.05, 4.69) is 20.9 Å². The van der Waals surface area contributed by atoms with Gasteiger partial charge in [-0.15, -0.1) is 0 Å². The fourth-order valence-electron chi connectivity index (χ4n) is 4.04. The maximum atomic E-state index is 13.4. The lowest BCUT2D eigenvalue weighted by Crippen LogP contribution is -2.44. The number of pyridine rings is 1. The summed E-state index contributed by atoms with van der Waals surface area (Å²) in [5.74, 6) is -1.30. The van der Waals surface area contributed by atoms with Crippen molar-refractivity contribution in [2.45, 2.75) is 38.8 Å². The third-order valence-corrected chi connectivity index (χ3v) is 6.26. The van der Waals surface area contributed by atoms with Gasteiger partial charge in [0.15, 0.2) is 5.75 Å². The maximum Gasteiger partial charge on any atom is 0.407 e. The Morgan fingerprint density at radius 2 is 1.60 bits per heavy atom. The molecule has 0 aliphatic rings. The van der Waals surface area contributed by atoms with E-state index in [1.807, 2.05) is 48.5 Å². The zero-order chi connectivity index (χ0) is 29.7. The number of benzene rings is 3. The Morgan fingerprint density at radius 1 is 0.857 bits per heavy atom. The largest absolute Gasteiger partial charge is 0.445 e. The summed E-state index contributed by atoms with van der Waals surface area (Å²) < 4.78 is 10.6. The summed E-state index contributed by atoms with van der Waals surface area (Å²) in [6, 6.07) is 25.6. The Hall–Kier alpha value is -5.25. The van der Waals surface area contributed by atoms with Gasteiger partial charge in [0.2, 0.25) is 5.91 Å². The molecule has 0 spiro atoms. The van der Waals surface area contributed by atoms with Crippen molar-refractivity contribution in [1.82, 2.24) is 15.6 Å². The molecule has 3 aromatic carbocycles. The highest BCUT2D eigenvalue weighted by molar-refractivity contribution is 6.02. The number of aromatic nitrogens is 1. The van der Waals surface area contributed by atoms with E-state index in [0.717, 1.165) is 10.9 Å². The number of nitrogens with zero attached hydrogens (tertiary/aromatic N) is 1. The van der Waals surface area contributed by atoms with Crippen LogP contribution in [0.1, 0.15) is 42.2 Å². The van der Waals surface area contributed by atoms with Gasteiger partial charge in [0.05, 0.1) is 11.2 Å². The van der Waals surface area contributed by atoms with Crippen LogP contribution in [0, 0.1) is 0 Å². The van der Waals surface area contributed by atoms with Gasteiger partial charge >= 0.3 is 12.1 Å². The van der Waals surface area contributed by atoms with Crippen LogP contribution in [0.5, 0.6) is 5.75 Å². The Balaban J connectivity index is 1.41. The monoisotopic (exact) mass is 568 g/mol. The number of rotatable bonds is 12. The van der Waals surface area contributed by atoms with Crippen LogP contribution < -0.4 is 20.7 Å². The molecule has 0 saturated heterocycles. The van der Waals surface area contributed by atoms with E-state index >= 15 is 0 Å². The highest BCUT2D eigenvalue weighted by Crippen LogP contribution is 2.24. The number of para-hydroxylation sites is 3. The summed E-state index contributed by atoms with van der Waals surface area (Å²) in [6.07, 6.45) is 0.133. The molecule has 1 atom stereocenters. The molecule has 0 aliphatic carbocycles. The van der Waals surface area contributed by atoms with Crippen molar-refractivity contribution >= 4 is 40.5 Å². The molecule has 0 aliphatic heterocycles. The van der Waals surface area contributed by atoms with Gasteiger partial charge in [0.1, 0.15) is 18.3 Å². The Kier molecular flexibility index (Phi) is 10.6. The normalized spacial score (nSPS) is 11.3. The minimum Gasteiger partial charge on any atom is -0.445 e. The van der Waals surface area contributed by atoms with Crippen molar-refractivity contribution < 1.29 is 28.7 Å². The van der Waals surface area contributed by atoms with E-state index in [1.165, 1.54) is 0 Å². The number of hydrogen-bond acceptors (Lipinski definition) is 7. The van der Waals surface area contributed by atoms with E-state index in [9.17, 15) is 19.2 Å². The fraction of sp³-hybridized carbons (Fsp3) is 0.219. The summed E-state index contributed by atoms with van der Waals surface area (Å²) in [5, 5.41) is 9.06. The quantitative estimate of drug-likeness (QED) is 0.124. The smallest absolute Gasteiger partial charge is 0.407 e. The standard InChI is InChI=1S/C32H32N4O6/c1-2-29(37)42-28-17-9-8-15-25(28)35-30(38)26(16-10-20-33-32(40)41-21-22-11-4-3-5-12-22)36-31(39)27-19-18-23-13-6-7-14-24(23)34-27/h3-9,11-15,17-19,26H,2,10,16,20-21H2,1H3,(H,33,40)(H,35,38)(H,36,39)/t26-/m0/s1. The number of amides is 3. The number of ether oxygens (including phenoxy) is 2. The number of anilines is 1. The summed E-state index contributed by atoms with van der Waals surface area (Å²) in [5.41, 5.74) is 1.96. The number of alkyl carbamates (subject to hydrolysis) is 1. The van der Waals surface area contributed by atoms with Crippen LogP contribution in [0.3, 0.4) is 0 Å². The molecule has 0 fully saturated rings. The van der Waals surface area contributed by atoms with Gasteiger partial charge in [-0.2, -0.15) is 0 Å². The molecular weight excluding hydrogens is 536 g/mol. The predicted molar refractivity (Wildman–Crippen MR) is 158 cm³/mol. The predicted octanol–water partition coefficient (Wildman–Crippen LogP) is 4.99. The second-order valence-electron chi connectivity index (χ2n) is 9.36. The molecule has 10 heteroatoms. The van der Waals surface area contributed by atoms with Crippen molar-refractivity contribution in [1.29, 1.82) is 0 Å². The lowest BCUT2D eigenvalue weighted by molar-refractivity contribution is -0.134. The Morgan fingerprint density at radius 3 is 2.40 bits per heavy atom. The van der Waals surface area contributed by atoms with Crippen molar-refractivity contribution in [2.75, 3.05) is 11.9 Å². The van der Waals surface area contributed by atoms with Crippen LogP contribution in [0.4, 0.5) is 10.5 Å². The van der Waals surface area contributed by atoms with Gasteiger partial charge in [-0.1, -0.05) is 73.7 Å². The highest BCUT2D eigenvalue weighted by Gasteiger charge is 2.23. The number of hydrogen-bond donors (Lipinski definition) is 3. The van der Waals surface area contributed by atoms with Crippen molar-refractivity contribution in [3.63, 3.8) is 0 Å². The number of carbonyl (C=O) groups is 4. The average molecular weight is 569 g/mol. The summed E-state index contributed by atoms with van der Waals surface area (Å²) in [6.45, 7) is 2.02. The second-order valence-corrected chi connectivity index (χ2v) is 9.36. The number of esters is 1. The first-order valence-electron chi connectivity index (χ1n) is 13.6. The van der Waals surface area contributed by atoms with Gasteiger partial charge in [-0.05, 0) is 42.7 Å². The van der Waals surface area contributed by atoms with Crippen molar-refractivity contribution in [3.05, 3.63) is 102 Å². The topological polar surface area (TPSA) is 136 Å². The Labute approximate surface area is 243 Å². The summed E-state index contributed by atoms with van der Waals surface area (Å²) in [4.78, 5) is 54.9. The van der Waals surface area contributed by atoms with E-state index < -0.39 is 29.9 Å². The van der Waals surface area contributed by atoms with E-state index in [0.29, 0.717) is 11.9 Å². The summed E-state index contributed by atoms with van der Waals surface area (Å²) >= 11 is 0. The molecule has 1 aromatic heterocycles. The Bertz CT molecular complexity index is 1540. The molecule has 0 unspecified atom stereocenters. The zero-order valence-corrected chi connectivity index (χ0v) is 23.2. The van der Waals surface area contributed by atoms with Gasteiger partial charge < -0.3 is 25.4 Å². The van der Waals surface area contributed by atoms with E-state index in [4.69, 9.17) is 9.47 Å². The average Bonchev–Trinajstić information content (AvgIpc) is 3.02. The molecular formula is C32H32N4O6. The summed E-state index contributed by atoms with van der Waals surface area (Å²) in [7, 11) is 0. The van der Waals surface area contributed by atoms with Crippen LogP contribution in [-0.2, 0) is 20.9 Å². The van der Waals surface area contributed by atoms with Crippen LogP contribution in [0.15, 0.2) is 91.0 Å². The van der Waals surface area contributed by atoms with Gasteiger partial charge in [-0.3, -0.25) is 14.4 Å². The number of nitrogens with one attached hydrogen (secondary N) is 3. The lowest BCUT2D eigenvalue weighted by Gasteiger charge is -2.19. The maximum absolute atomic E-state index is 13.4. The molecule has 10 nitrogen and oxygen atoms in total. The first-order chi connectivity index (χ1) is 20.4. The lowest BCUT2D eigenvalue weighted by atomic mass is 10.1. The minimum absolute atomic E-state index is 0.133. The molecule has 4 aromatic rings. The number of carbonyl (C=O) groups excluding carboxylic acids is 4. The van der Waals surface area contributed by atoms with Crippen LogP contribution in [0.25, 0.3) is 10.9 Å². The molecule has 216 valence electrons. The molecule has 42 heavy (non-hydrogen) atoms. The third-order valence-electron chi connectivity index (χ3n) is 6.26. The van der Waals surface area contributed by atoms with Crippen molar-refractivity contribution in [2.24, 2.45) is 0 Å². The van der Waals surface area contributed by atoms with Crippen LogP contribution >= 0.6 is 0 Å². The third kappa shape index (κ3) is 8.62. The minimum atomic E-state index is -0.983. The van der Waals surface area contributed by atoms with E-state index in [-0.39, 0.29) is 43.1 Å². The second kappa shape index (κ2) is 14.9. The fourth-order valence-corrected chi connectivity index (χ4v) is 4.04. The van der Waals surface area contributed by atoms with E-state index in [1.54, 1.807) is 49.4 Å². The molecule has 1 heterocycles. The zero-order valence-electron chi connectivity index (χ0n) is 23.2. The van der Waals surface area contributed by atoms with Crippen LogP contribution in [0.2, 0.25) is 0 Å². The highest BCUT2D eigenvalue weighted by atomic mass is 16.5. The molecule has 0 bridgehead atoms. The molecule has 0 radical (unpaired) electrons.